The summed E-state index contributed by atoms with van der Waals surface area (Å²) >= 11 is 0. The first-order chi connectivity index (χ1) is 14.9. The van der Waals surface area contributed by atoms with Crippen LogP contribution in [0.1, 0.15) is 49.5 Å². The highest BCUT2D eigenvalue weighted by atomic mass is 32.2. The van der Waals surface area contributed by atoms with Gasteiger partial charge in [0.1, 0.15) is 0 Å². The molecule has 0 unspecified atom stereocenters. The van der Waals surface area contributed by atoms with Crippen LogP contribution in [0.3, 0.4) is 0 Å². The van der Waals surface area contributed by atoms with Crippen molar-refractivity contribution in [2.75, 3.05) is 30.5 Å². The summed E-state index contributed by atoms with van der Waals surface area (Å²) in [6.45, 7) is 9.77. The first kappa shape index (κ1) is 23.3. The third-order valence-electron chi connectivity index (χ3n) is 5.91. The van der Waals surface area contributed by atoms with Gasteiger partial charge in [-0.25, -0.2) is 8.42 Å². The third kappa shape index (κ3) is 5.46. The fourth-order valence-electron chi connectivity index (χ4n) is 4.02. The molecule has 0 aromatic heterocycles. The molecule has 31 heavy (non-hydrogen) atoms. The summed E-state index contributed by atoms with van der Waals surface area (Å²) < 4.78 is 27.9. The lowest BCUT2D eigenvalue weighted by Crippen LogP contribution is -2.34. The summed E-state index contributed by atoms with van der Waals surface area (Å²) in [5.74, 6) is -0.241. The largest absolute Gasteiger partial charge is 0.350 e. The molecule has 0 bridgehead atoms. The number of sulfonamides is 1. The van der Waals surface area contributed by atoms with Crippen LogP contribution in [-0.4, -0.2) is 51.4 Å². The van der Waals surface area contributed by atoms with Gasteiger partial charge in [0.15, 0.2) is 0 Å². The Labute approximate surface area is 186 Å². The zero-order valence-electron chi connectivity index (χ0n) is 18.7. The van der Waals surface area contributed by atoms with Gasteiger partial charge in [0.25, 0.3) is 15.9 Å². The Hall–Kier alpha value is -2.38. The van der Waals surface area contributed by atoms with Gasteiger partial charge in [0, 0.05) is 18.2 Å². The van der Waals surface area contributed by atoms with E-state index in [-0.39, 0.29) is 16.8 Å². The quantitative estimate of drug-likeness (QED) is 0.608. The van der Waals surface area contributed by atoms with E-state index in [1.165, 1.54) is 10.4 Å². The van der Waals surface area contributed by atoms with Gasteiger partial charge in [0.05, 0.1) is 10.6 Å². The van der Waals surface area contributed by atoms with Crippen molar-refractivity contribution in [2.45, 2.75) is 51.0 Å². The lowest BCUT2D eigenvalue weighted by Gasteiger charge is -2.21. The molecule has 168 valence electrons. The van der Waals surface area contributed by atoms with E-state index in [1.54, 1.807) is 18.2 Å². The van der Waals surface area contributed by atoms with Crippen molar-refractivity contribution in [1.29, 1.82) is 0 Å². The summed E-state index contributed by atoms with van der Waals surface area (Å²) in [5.41, 5.74) is 2.11. The number of hydrogen-bond acceptors (Lipinski definition) is 4. The SMILES string of the molecule is CCN(CC)CCC[C@H](C)NC(=O)c1cccc(S(=O)(=O)N2CCc3ccccc32)c1. The second kappa shape index (κ2) is 10.3. The van der Waals surface area contributed by atoms with Gasteiger partial charge in [-0.15, -0.1) is 0 Å². The molecule has 0 saturated carbocycles. The molecular weight excluding hydrogens is 410 g/mol. The Morgan fingerprint density at radius 2 is 1.87 bits per heavy atom. The molecule has 1 heterocycles. The Morgan fingerprint density at radius 1 is 1.13 bits per heavy atom. The predicted octanol–water partition coefficient (Wildman–Crippen LogP) is 3.68. The minimum absolute atomic E-state index is 0.0220. The smallest absolute Gasteiger partial charge is 0.264 e. The summed E-state index contributed by atoms with van der Waals surface area (Å²) in [6.07, 6.45) is 2.58. The topological polar surface area (TPSA) is 69.7 Å². The van der Waals surface area contributed by atoms with Crippen molar-refractivity contribution in [1.82, 2.24) is 10.2 Å². The maximum absolute atomic E-state index is 13.2. The highest BCUT2D eigenvalue weighted by Crippen LogP contribution is 2.32. The zero-order chi connectivity index (χ0) is 22.4. The fraction of sp³-hybridized carbons (Fsp3) is 0.458. The van der Waals surface area contributed by atoms with E-state index < -0.39 is 10.0 Å². The molecule has 6 nitrogen and oxygen atoms in total. The summed E-state index contributed by atoms with van der Waals surface area (Å²) in [5, 5.41) is 3.00. The van der Waals surface area contributed by atoms with Crippen molar-refractivity contribution in [2.24, 2.45) is 0 Å². The zero-order valence-corrected chi connectivity index (χ0v) is 19.5. The molecule has 0 aliphatic carbocycles. The lowest BCUT2D eigenvalue weighted by atomic mass is 10.1. The highest BCUT2D eigenvalue weighted by Gasteiger charge is 2.31. The first-order valence-corrected chi connectivity index (χ1v) is 12.5. The van der Waals surface area contributed by atoms with Crippen LogP contribution in [0.25, 0.3) is 0 Å². The van der Waals surface area contributed by atoms with E-state index in [0.29, 0.717) is 18.5 Å². The van der Waals surface area contributed by atoms with E-state index in [1.807, 2.05) is 31.2 Å². The molecule has 1 aliphatic heterocycles. The monoisotopic (exact) mass is 443 g/mol. The molecule has 7 heteroatoms. The van der Waals surface area contributed by atoms with Crippen LogP contribution in [0.4, 0.5) is 5.69 Å². The average molecular weight is 444 g/mol. The normalized spacial score (nSPS) is 14.5. The standard InChI is InChI=1S/C24H33N3O3S/c1-4-26(5-2)16-9-10-19(3)25-24(28)21-12-8-13-22(18-21)31(29,30)27-17-15-20-11-6-7-14-23(20)27/h6-8,11-14,18-19H,4-5,9-10,15-17H2,1-3H3,(H,25,28)/t19-/m0/s1. The molecule has 1 amide bonds. The third-order valence-corrected chi connectivity index (χ3v) is 7.72. The maximum Gasteiger partial charge on any atom is 0.264 e. The molecule has 1 aliphatic rings. The minimum atomic E-state index is -3.72. The molecule has 1 N–H and O–H groups in total. The van der Waals surface area contributed by atoms with E-state index in [2.05, 4.69) is 24.1 Å². The average Bonchev–Trinajstić information content (AvgIpc) is 3.22. The van der Waals surface area contributed by atoms with Crippen LogP contribution in [0.15, 0.2) is 53.4 Å². The number of para-hydroxylation sites is 1. The number of carbonyl (C=O) groups excluding carboxylic acids is 1. The number of fused-ring (bicyclic) bond motifs is 1. The number of hydrogen-bond donors (Lipinski definition) is 1. The van der Waals surface area contributed by atoms with Gasteiger partial charge in [0.2, 0.25) is 0 Å². The Bertz CT molecular complexity index is 1000. The number of amides is 1. The van der Waals surface area contributed by atoms with E-state index in [9.17, 15) is 13.2 Å². The molecular formula is C24H33N3O3S. The number of anilines is 1. The number of rotatable bonds is 10. The van der Waals surface area contributed by atoms with E-state index in [4.69, 9.17) is 0 Å². The number of benzene rings is 2. The van der Waals surface area contributed by atoms with Gasteiger partial charge in [-0.2, -0.15) is 0 Å². The molecule has 1 atom stereocenters. The summed E-state index contributed by atoms with van der Waals surface area (Å²) in [6, 6.07) is 13.9. The van der Waals surface area contributed by atoms with E-state index >= 15 is 0 Å². The Kier molecular flexibility index (Phi) is 7.73. The highest BCUT2D eigenvalue weighted by molar-refractivity contribution is 7.92. The van der Waals surface area contributed by atoms with Crippen LogP contribution in [0, 0.1) is 0 Å². The van der Waals surface area contributed by atoms with Crippen molar-refractivity contribution in [3.63, 3.8) is 0 Å². The van der Waals surface area contributed by atoms with Crippen LogP contribution in [-0.2, 0) is 16.4 Å². The first-order valence-electron chi connectivity index (χ1n) is 11.1. The van der Waals surface area contributed by atoms with E-state index in [0.717, 1.165) is 43.7 Å². The second-order valence-corrected chi connectivity index (χ2v) is 9.89. The summed E-state index contributed by atoms with van der Waals surface area (Å²) in [7, 11) is -3.72. The van der Waals surface area contributed by atoms with Crippen LogP contribution < -0.4 is 9.62 Å². The van der Waals surface area contributed by atoms with Crippen LogP contribution >= 0.6 is 0 Å². The van der Waals surface area contributed by atoms with Gasteiger partial charge >= 0.3 is 0 Å². The molecule has 3 rings (SSSR count). The maximum atomic E-state index is 13.2. The predicted molar refractivity (Wildman–Crippen MR) is 125 cm³/mol. The molecule has 0 saturated heterocycles. The molecule has 0 spiro atoms. The molecule has 2 aromatic carbocycles. The Balaban J connectivity index is 1.66. The van der Waals surface area contributed by atoms with Gasteiger partial charge in [-0.3, -0.25) is 9.10 Å². The van der Waals surface area contributed by atoms with Gasteiger partial charge in [-0.05, 0) is 75.6 Å². The minimum Gasteiger partial charge on any atom is -0.350 e. The van der Waals surface area contributed by atoms with Crippen molar-refractivity contribution < 1.29 is 13.2 Å². The molecule has 0 radical (unpaired) electrons. The van der Waals surface area contributed by atoms with Gasteiger partial charge in [-0.1, -0.05) is 38.1 Å². The van der Waals surface area contributed by atoms with Crippen LogP contribution in [0.2, 0.25) is 0 Å². The van der Waals surface area contributed by atoms with Crippen LogP contribution in [0.5, 0.6) is 0 Å². The Morgan fingerprint density at radius 3 is 2.61 bits per heavy atom. The molecule has 0 fully saturated rings. The lowest BCUT2D eigenvalue weighted by molar-refractivity contribution is 0.0937. The fourth-order valence-corrected chi connectivity index (χ4v) is 5.57. The number of nitrogens with zero attached hydrogens (tertiary/aromatic N) is 2. The molecule has 2 aromatic rings. The van der Waals surface area contributed by atoms with Crippen molar-refractivity contribution in [3.05, 3.63) is 59.7 Å². The summed E-state index contributed by atoms with van der Waals surface area (Å²) in [4.78, 5) is 15.2. The van der Waals surface area contributed by atoms with Crippen molar-refractivity contribution in [3.8, 4) is 0 Å². The van der Waals surface area contributed by atoms with Gasteiger partial charge < -0.3 is 10.2 Å². The second-order valence-electron chi connectivity index (χ2n) is 8.03. The number of carbonyl (C=O) groups is 1. The number of nitrogens with one attached hydrogen (secondary N) is 1. The van der Waals surface area contributed by atoms with Crippen molar-refractivity contribution >= 4 is 21.6 Å².